The Morgan fingerprint density at radius 1 is 1.04 bits per heavy atom. The Kier molecular flexibility index (Phi) is 5.59. The van der Waals surface area contributed by atoms with E-state index in [1.165, 1.54) is 43.3 Å². The van der Waals surface area contributed by atoms with E-state index in [1.807, 2.05) is 13.0 Å². The van der Waals surface area contributed by atoms with Gasteiger partial charge in [0, 0.05) is 19.8 Å². The summed E-state index contributed by atoms with van der Waals surface area (Å²) in [5.41, 5.74) is 1.94. The minimum atomic E-state index is -3.78. The molecule has 0 atom stereocenters. The van der Waals surface area contributed by atoms with Crippen molar-refractivity contribution in [3.05, 3.63) is 59.4 Å². The zero-order valence-corrected chi connectivity index (χ0v) is 15.5. The quantitative estimate of drug-likeness (QED) is 0.820. The Balaban J connectivity index is 2.19. The number of benzene rings is 2. The van der Waals surface area contributed by atoms with E-state index in [1.54, 1.807) is 19.1 Å². The lowest BCUT2D eigenvalue weighted by molar-refractivity contribution is -0.118. The molecule has 5 nitrogen and oxygen atoms in total. The second-order valence-corrected chi connectivity index (χ2v) is 7.97. The van der Waals surface area contributed by atoms with Gasteiger partial charge in [-0.25, -0.2) is 12.8 Å². The third kappa shape index (κ3) is 4.24. The molecule has 0 fully saturated rings. The molecule has 0 bridgehead atoms. The summed E-state index contributed by atoms with van der Waals surface area (Å²) in [7, 11) is -0.893. The first kappa shape index (κ1) is 19.1. The average Bonchev–Trinajstić information content (AvgIpc) is 2.56. The van der Waals surface area contributed by atoms with Crippen LogP contribution in [-0.4, -0.2) is 39.3 Å². The molecule has 0 aliphatic carbocycles. The van der Waals surface area contributed by atoms with E-state index >= 15 is 0 Å². The van der Waals surface area contributed by atoms with Crippen molar-refractivity contribution in [1.29, 1.82) is 0 Å². The molecule has 2 rings (SSSR count). The van der Waals surface area contributed by atoms with Crippen LogP contribution in [0.15, 0.2) is 47.4 Å². The monoisotopic (exact) mass is 364 g/mol. The highest BCUT2D eigenvalue weighted by atomic mass is 32.2. The van der Waals surface area contributed by atoms with Crippen LogP contribution in [0.2, 0.25) is 0 Å². The molecule has 1 amide bonds. The van der Waals surface area contributed by atoms with Crippen LogP contribution < -0.4 is 4.90 Å². The number of carbonyl (C=O) groups excluding carboxylic acids is 1. The third-order valence-corrected chi connectivity index (χ3v) is 5.92. The molecule has 2 aromatic rings. The first-order chi connectivity index (χ1) is 11.6. The number of rotatable bonds is 5. The number of halogens is 1. The number of likely N-dealkylation sites (N-methyl/N-ethyl adjacent to an activating group) is 2. The van der Waals surface area contributed by atoms with E-state index in [0.29, 0.717) is 11.3 Å². The van der Waals surface area contributed by atoms with Gasteiger partial charge in [0.25, 0.3) is 0 Å². The molecule has 0 N–H and O–H groups in total. The second-order valence-electron chi connectivity index (χ2n) is 5.96. The number of hydrogen-bond donors (Lipinski definition) is 0. The van der Waals surface area contributed by atoms with Crippen molar-refractivity contribution in [3.63, 3.8) is 0 Å². The smallest absolute Gasteiger partial charge is 0.243 e. The number of hydrogen-bond acceptors (Lipinski definition) is 3. The fraction of sp³-hybridized carbons (Fsp3) is 0.278. The summed E-state index contributed by atoms with van der Waals surface area (Å²) in [5, 5.41) is 0. The fourth-order valence-corrected chi connectivity index (χ4v) is 3.77. The minimum Gasteiger partial charge on any atom is -0.314 e. The maximum atomic E-state index is 13.0. The molecule has 25 heavy (non-hydrogen) atoms. The van der Waals surface area contributed by atoms with Gasteiger partial charge in [-0.2, -0.15) is 4.31 Å². The number of sulfonamides is 1. The van der Waals surface area contributed by atoms with Crippen molar-refractivity contribution in [3.8, 4) is 0 Å². The predicted octanol–water partition coefficient (Wildman–Crippen LogP) is 2.73. The van der Waals surface area contributed by atoms with Gasteiger partial charge in [-0.3, -0.25) is 4.79 Å². The number of amides is 1. The van der Waals surface area contributed by atoms with Gasteiger partial charge < -0.3 is 4.90 Å². The van der Waals surface area contributed by atoms with Crippen molar-refractivity contribution in [2.24, 2.45) is 0 Å². The highest BCUT2D eigenvalue weighted by Gasteiger charge is 2.26. The fourth-order valence-electron chi connectivity index (χ4n) is 2.34. The lowest BCUT2D eigenvalue weighted by atomic mass is 10.2. The molecule has 0 unspecified atom stereocenters. The van der Waals surface area contributed by atoms with Crippen LogP contribution in [0.3, 0.4) is 0 Å². The summed E-state index contributed by atoms with van der Waals surface area (Å²) in [6.07, 6.45) is 0. The average molecular weight is 364 g/mol. The summed E-state index contributed by atoms with van der Waals surface area (Å²) in [5.74, 6) is -0.817. The summed E-state index contributed by atoms with van der Waals surface area (Å²) in [6.45, 7) is 3.21. The van der Waals surface area contributed by atoms with Gasteiger partial charge in [0.1, 0.15) is 5.82 Å². The Hall–Kier alpha value is -2.25. The molecule has 0 saturated carbocycles. The highest BCUT2D eigenvalue weighted by molar-refractivity contribution is 7.89. The van der Waals surface area contributed by atoms with E-state index in [2.05, 4.69) is 0 Å². The van der Waals surface area contributed by atoms with Crippen LogP contribution in [0.4, 0.5) is 10.1 Å². The molecule has 0 saturated heterocycles. The number of nitrogens with zero attached hydrogens (tertiary/aromatic N) is 2. The molecule has 0 spiro atoms. The van der Waals surface area contributed by atoms with Crippen molar-refractivity contribution < 1.29 is 17.6 Å². The first-order valence-electron chi connectivity index (χ1n) is 7.68. The van der Waals surface area contributed by atoms with Gasteiger partial charge in [0.2, 0.25) is 15.9 Å². The topological polar surface area (TPSA) is 57.7 Å². The maximum absolute atomic E-state index is 13.0. The Labute approximate surface area is 147 Å². The molecular weight excluding hydrogens is 343 g/mol. The first-order valence-corrected chi connectivity index (χ1v) is 9.12. The zero-order valence-electron chi connectivity index (χ0n) is 14.7. The van der Waals surface area contributed by atoms with Crippen molar-refractivity contribution in [2.75, 3.05) is 25.5 Å². The SMILES string of the molecule is Cc1ccc(C)c(S(=O)(=O)N(C)CC(=O)N(C)c2ccc(F)cc2)c1. The molecular formula is C18H21FN2O3S. The highest BCUT2D eigenvalue weighted by Crippen LogP contribution is 2.21. The Bertz CT molecular complexity index is 880. The second kappa shape index (κ2) is 7.33. The van der Waals surface area contributed by atoms with E-state index in [0.717, 1.165) is 9.87 Å². The number of aryl methyl sites for hydroxylation is 2. The molecule has 0 aliphatic heterocycles. The third-order valence-electron chi connectivity index (χ3n) is 3.98. The number of anilines is 1. The van der Waals surface area contributed by atoms with Crippen molar-refractivity contribution in [2.45, 2.75) is 18.7 Å². The van der Waals surface area contributed by atoms with Gasteiger partial charge in [0.05, 0.1) is 11.4 Å². The lowest BCUT2D eigenvalue weighted by Gasteiger charge is -2.22. The number of carbonyl (C=O) groups is 1. The van der Waals surface area contributed by atoms with Gasteiger partial charge >= 0.3 is 0 Å². The summed E-state index contributed by atoms with van der Waals surface area (Å²) in [4.78, 5) is 13.9. The maximum Gasteiger partial charge on any atom is 0.243 e. The Morgan fingerprint density at radius 3 is 2.24 bits per heavy atom. The van der Waals surface area contributed by atoms with E-state index in [-0.39, 0.29) is 11.4 Å². The minimum absolute atomic E-state index is 0.187. The molecule has 7 heteroatoms. The predicted molar refractivity (Wildman–Crippen MR) is 95.5 cm³/mol. The van der Waals surface area contributed by atoms with E-state index < -0.39 is 21.7 Å². The van der Waals surface area contributed by atoms with Crippen LogP contribution in [0, 0.1) is 19.7 Å². The molecule has 0 heterocycles. The summed E-state index contributed by atoms with van der Waals surface area (Å²) < 4.78 is 39.5. The van der Waals surface area contributed by atoms with Crippen LogP contribution in [0.25, 0.3) is 0 Å². The van der Waals surface area contributed by atoms with E-state index in [4.69, 9.17) is 0 Å². The van der Waals surface area contributed by atoms with Crippen LogP contribution in [-0.2, 0) is 14.8 Å². The molecule has 2 aromatic carbocycles. The summed E-state index contributed by atoms with van der Waals surface area (Å²) >= 11 is 0. The van der Waals surface area contributed by atoms with Crippen LogP contribution in [0.5, 0.6) is 0 Å². The Morgan fingerprint density at radius 2 is 1.64 bits per heavy atom. The molecule has 0 aliphatic rings. The van der Waals surface area contributed by atoms with Crippen LogP contribution >= 0.6 is 0 Å². The standard InChI is InChI=1S/C18H21FN2O3S/c1-13-5-6-14(2)17(11-13)25(23,24)20(3)12-18(22)21(4)16-9-7-15(19)8-10-16/h5-11H,12H2,1-4H3. The lowest BCUT2D eigenvalue weighted by Crippen LogP contribution is -2.39. The van der Waals surface area contributed by atoms with Gasteiger partial charge in [-0.15, -0.1) is 0 Å². The van der Waals surface area contributed by atoms with E-state index in [9.17, 15) is 17.6 Å². The summed E-state index contributed by atoms with van der Waals surface area (Å²) in [6, 6.07) is 10.6. The zero-order chi connectivity index (χ0) is 18.8. The molecule has 0 aromatic heterocycles. The molecule has 134 valence electrons. The van der Waals surface area contributed by atoms with Crippen molar-refractivity contribution >= 4 is 21.6 Å². The van der Waals surface area contributed by atoms with Gasteiger partial charge in [-0.05, 0) is 55.3 Å². The molecule has 0 radical (unpaired) electrons. The normalized spacial score (nSPS) is 11.6. The van der Waals surface area contributed by atoms with Crippen molar-refractivity contribution in [1.82, 2.24) is 4.31 Å². The van der Waals surface area contributed by atoms with Crippen LogP contribution in [0.1, 0.15) is 11.1 Å². The van der Waals surface area contributed by atoms with Gasteiger partial charge in [-0.1, -0.05) is 12.1 Å². The largest absolute Gasteiger partial charge is 0.314 e. The van der Waals surface area contributed by atoms with Gasteiger partial charge in [0.15, 0.2) is 0 Å².